The highest BCUT2D eigenvalue weighted by Gasteiger charge is 2.11. The Labute approximate surface area is 125 Å². The summed E-state index contributed by atoms with van der Waals surface area (Å²) in [5.74, 6) is -0.437. The van der Waals surface area contributed by atoms with Gasteiger partial charge in [0.1, 0.15) is 0 Å². The number of aromatic nitrogens is 3. The van der Waals surface area contributed by atoms with Gasteiger partial charge in [0.25, 0.3) is 0 Å². The Morgan fingerprint density at radius 2 is 2.26 bits per heavy atom. The van der Waals surface area contributed by atoms with Crippen molar-refractivity contribution >= 4 is 28.6 Å². The van der Waals surface area contributed by atoms with Gasteiger partial charge in [0.2, 0.25) is 0 Å². The molecule has 0 aliphatic rings. The molecule has 0 aliphatic heterocycles. The summed E-state index contributed by atoms with van der Waals surface area (Å²) in [6, 6.07) is 6.21. The third kappa shape index (κ3) is 3.52. The van der Waals surface area contributed by atoms with E-state index in [1.807, 2.05) is 6.07 Å². The van der Waals surface area contributed by atoms with E-state index in [1.54, 1.807) is 17.8 Å². The lowest BCUT2D eigenvalue weighted by Crippen LogP contribution is -2.05. The molecule has 0 aliphatic carbocycles. The second-order valence-electron chi connectivity index (χ2n) is 4.11. The van der Waals surface area contributed by atoms with Crippen LogP contribution in [0.15, 0.2) is 24.4 Å². The van der Waals surface area contributed by atoms with Crippen molar-refractivity contribution in [3.05, 3.63) is 44.8 Å². The van der Waals surface area contributed by atoms with E-state index < -0.39 is 5.97 Å². The van der Waals surface area contributed by atoms with E-state index in [-0.39, 0.29) is 5.69 Å². The quantitative estimate of drug-likeness (QED) is 0.612. The monoisotopic (exact) mass is 371 g/mol. The predicted molar refractivity (Wildman–Crippen MR) is 79.0 cm³/mol. The SMILES string of the molecule is CCOC(=O)c1cn(Cc2ccc(I)c(C)c2)nn1. The van der Waals surface area contributed by atoms with Gasteiger partial charge < -0.3 is 4.74 Å². The van der Waals surface area contributed by atoms with Crippen molar-refractivity contribution in [2.45, 2.75) is 20.4 Å². The van der Waals surface area contributed by atoms with Gasteiger partial charge in [0.15, 0.2) is 5.69 Å². The van der Waals surface area contributed by atoms with Crippen LogP contribution >= 0.6 is 22.6 Å². The van der Waals surface area contributed by atoms with Gasteiger partial charge in [-0.2, -0.15) is 0 Å². The van der Waals surface area contributed by atoms with Crippen molar-refractivity contribution in [3.63, 3.8) is 0 Å². The first-order valence-electron chi connectivity index (χ1n) is 5.92. The zero-order valence-electron chi connectivity index (χ0n) is 10.8. The summed E-state index contributed by atoms with van der Waals surface area (Å²) < 4.78 is 7.73. The minimum absolute atomic E-state index is 0.240. The molecule has 0 atom stereocenters. The first kappa shape index (κ1) is 14.0. The average molecular weight is 371 g/mol. The van der Waals surface area contributed by atoms with E-state index >= 15 is 0 Å². The molecule has 1 aromatic carbocycles. The molecule has 0 saturated heterocycles. The fraction of sp³-hybridized carbons (Fsp3) is 0.308. The topological polar surface area (TPSA) is 57.0 Å². The second-order valence-corrected chi connectivity index (χ2v) is 5.27. The maximum absolute atomic E-state index is 11.5. The summed E-state index contributed by atoms with van der Waals surface area (Å²) >= 11 is 2.30. The van der Waals surface area contributed by atoms with E-state index in [1.165, 1.54) is 9.13 Å². The zero-order valence-corrected chi connectivity index (χ0v) is 12.9. The van der Waals surface area contributed by atoms with Crippen molar-refractivity contribution in [2.75, 3.05) is 6.61 Å². The Bertz CT molecular complexity index is 595. The highest BCUT2D eigenvalue weighted by Crippen LogP contribution is 2.14. The minimum atomic E-state index is -0.437. The third-order valence-corrected chi connectivity index (χ3v) is 3.80. The lowest BCUT2D eigenvalue weighted by atomic mass is 10.1. The molecule has 100 valence electrons. The van der Waals surface area contributed by atoms with Gasteiger partial charge in [0, 0.05) is 3.57 Å². The van der Waals surface area contributed by atoms with Crippen LogP contribution in [0.1, 0.15) is 28.5 Å². The van der Waals surface area contributed by atoms with Crippen LogP contribution in [0.3, 0.4) is 0 Å². The molecule has 1 heterocycles. The number of rotatable bonds is 4. The van der Waals surface area contributed by atoms with Crippen LogP contribution in [0.2, 0.25) is 0 Å². The summed E-state index contributed by atoms with van der Waals surface area (Å²) in [6.45, 7) is 4.75. The van der Waals surface area contributed by atoms with Crippen LogP contribution in [0.5, 0.6) is 0 Å². The van der Waals surface area contributed by atoms with Gasteiger partial charge in [-0.3, -0.25) is 0 Å². The molecule has 5 nitrogen and oxygen atoms in total. The third-order valence-electron chi connectivity index (χ3n) is 2.59. The van der Waals surface area contributed by atoms with E-state index in [2.05, 4.69) is 52.0 Å². The van der Waals surface area contributed by atoms with Gasteiger partial charge in [-0.15, -0.1) is 5.10 Å². The smallest absolute Gasteiger partial charge is 0.360 e. The summed E-state index contributed by atoms with van der Waals surface area (Å²) in [4.78, 5) is 11.5. The first-order valence-corrected chi connectivity index (χ1v) is 7.00. The molecule has 0 saturated carbocycles. The number of benzene rings is 1. The van der Waals surface area contributed by atoms with Crippen molar-refractivity contribution in [1.82, 2.24) is 15.0 Å². The van der Waals surface area contributed by atoms with Crippen LogP contribution in [0.4, 0.5) is 0 Å². The number of hydrogen-bond donors (Lipinski definition) is 0. The molecule has 19 heavy (non-hydrogen) atoms. The lowest BCUT2D eigenvalue weighted by Gasteiger charge is -2.03. The van der Waals surface area contributed by atoms with Gasteiger partial charge in [-0.1, -0.05) is 17.3 Å². The molecule has 6 heteroatoms. The second kappa shape index (κ2) is 6.14. The summed E-state index contributed by atoms with van der Waals surface area (Å²) in [5.41, 5.74) is 2.59. The Morgan fingerprint density at radius 3 is 2.95 bits per heavy atom. The van der Waals surface area contributed by atoms with Crippen LogP contribution < -0.4 is 0 Å². The highest BCUT2D eigenvalue weighted by molar-refractivity contribution is 14.1. The van der Waals surface area contributed by atoms with Crippen molar-refractivity contribution in [1.29, 1.82) is 0 Å². The van der Waals surface area contributed by atoms with E-state index in [9.17, 15) is 4.79 Å². The number of ether oxygens (including phenoxy) is 1. The highest BCUT2D eigenvalue weighted by atomic mass is 127. The maximum atomic E-state index is 11.5. The normalized spacial score (nSPS) is 10.5. The number of hydrogen-bond acceptors (Lipinski definition) is 4. The van der Waals surface area contributed by atoms with Gasteiger partial charge in [-0.05, 0) is 53.6 Å². The fourth-order valence-electron chi connectivity index (χ4n) is 1.67. The molecule has 2 rings (SSSR count). The van der Waals surface area contributed by atoms with Crippen molar-refractivity contribution in [2.24, 2.45) is 0 Å². The van der Waals surface area contributed by atoms with Gasteiger partial charge in [-0.25, -0.2) is 9.48 Å². The molecule has 0 N–H and O–H groups in total. The zero-order chi connectivity index (χ0) is 13.8. The molecule has 0 radical (unpaired) electrons. The van der Waals surface area contributed by atoms with Gasteiger partial charge >= 0.3 is 5.97 Å². The number of aryl methyl sites for hydroxylation is 1. The summed E-state index contributed by atoms with van der Waals surface area (Å²) in [7, 11) is 0. The molecule has 0 bridgehead atoms. The summed E-state index contributed by atoms with van der Waals surface area (Å²) in [6.07, 6.45) is 1.60. The molecule has 0 unspecified atom stereocenters. The number of halogens is 1. The predicted octanol–water partition coefficient (Wildman–Crippen LogP) is 2.42. The van der Waals surface area contributed by atoms with E-state index in [4.69, 9.17) is 4.74 Å². The van der Waals surface area contributed by atoms with E-state index in [0.29, 0.717) is 13.2 Å². The van der Waals surface area contributed by atoms with Crippen molar-refractivity contribution < 1.29 is 9.53 Å². The van der Waals surface area contributed by atoms with Crippen LogP contribution in [-0.4, -0.2) is 27.6 Å². The standard InChI is InChI=1S/C13H14IN3O2/c1-3-19-13(18)12-8-17(16-15-12)7-10-4-5-11(14)9(2)6-10/h4-6,8H,3,7H2,1-2H3. The molecule has 0 amide bonds. The molecule has 1 aromatic heterocycles. The molecule has 2 aromatic rings. The number of carbonyl (C=O) groups excluding carboxylic acids is 1. The molecule has 0 spiro atoms. The summed E-state index contributed by atoms with van der Waals surface area (Å²) in [5, 5.41) is 7.74. The Morgan fingerprint density at radius 1 is 1.47 bits per heavy atom. The Balaban J connectivity index is 2.11. The fourth-order valence-corrected chi connectivity index (χ4v) is 2.00. The lowest BCUT2D eigenvalue weighted by molar-refractivity contribution is 0.0519. The maximum Gasteiger partial charge on any atom is 0.360 e. The average Bonchev–Trinajstić information content (AvgIpc) is 2.83. The van der Waals surface area contributed by atoms with Gasteiger partial charge in [0.05, 0.1) is 19.3 Å². The number of carbonyl (C=O) groups is 1. The minimum Gasteiger partial charge on any atom is -0.461 e. The molecular weight excluding hydrogens is 357 g/mol. The Kier molecular flexibility index (Phi) is 4.52. The van der Waals surface area contributed by atoms with Crippen LogP contribution in [0, 0.1) is 10.5 Å². The first-order chi connectivity index (χ1) is 9.10. The number of nitrogens with zero attached hydrogens (tertiary/aromatic N) is 3. The largest absolute Gasteiger partial charge is 0.461 e. The number of esters is 1. The van der Waals surface area contributed by atoms with Crippen LogP contribution in [-0.2, 0) is 11.3 Å². The molecular formula is C13H14IN3O2. The van der Waals surface area contributed by atoms with Crippen molar-refractivity contribution in [3.8, 4) is 0 Å². The van der Waals surface area contributed by atoms with Crippen LogP contribution in [0.25, 0.3) is 0 Å². The Hall–Kier alpha value is -1.44. The van der Waals surface area contributed by atoms with E-state index in [0.717, 1.165) is 5.56 Å². The molecule has 0 fully saturated rings.